The molecule has 1 amide bonds. The van der Waals surface area contributed by atoms with Crippen LogP contribution >= 0.6 is 0 Å². The predicted octanol–water partition coefficient (Wildman–Crippen LogP) is -1.77. The third-order valence-electron chi connectivity index (χ3n) is 5.81. The summed E-state index contributed by atoms with van der Waals surface area (Å²) in [6, 6.07) is 0. The van der Waals surface area contributed by atoms with Crippen molar-refractivity contribution in [1.82, 2.24) is 25.3 Å². The molecule has 0 aromatic carbocycles. The summed E-state index contributed by atoms with van der Waals surface area (Å²) in [5.74, 6) is -1.69. The van der Waals surface area contributed by atoms with Crippen LogP contribution in [0.15, 0.2) is 0 Å². The average Bonchev–Trinajstić information content (AvgIpc) is 2.87. The van der Waals surface area contributed by atoms with E-state index in [1.807, 2.05) is 4.90 Å². The Hall–Kier alpha value is -3.29. The van der Waals surface area contributed by atoms with Crippen molar-refractivity contribution in [3.8, 4) is 12.3 Å². The minimum absolute atomic E-state index is 0.121. The average molecular weight is 574 g/mol. The lowest BCUT2D eigenvalue weighted by Crippen LogP contribution is -2.41. The van der Waals surface area contributed by atoms with Gasteiger partial charge in [-0.05, 0) is 6.42 Å². The largest absolute Gasteiger partial charge is 0.481 e. The molecular weight excluding hydrogens is 530 g/mol. The molecule has 40 heavy (non-hydrogen) atoms. The van der Waals surface area contributed by atoms with Crippen molar-refractivity contribution in [3.63, 3.8) is 0 Å². The maximum atomic E-state index is 12.3. The van der Waals surface area contributed by atoms with E-state index in [0.717, 1.165) is 0 Å². The number of carboxylic acid groups (broad SMARTS) is 4. The third-order valence-corrected chi connectivity index (χ3v) is 5.81. The van der Waals surface area contributed by atoms with E-state index in [1.165, 1.54) is 0 Å². The van der Waals surface area contributed by atoms with Gasteiger partial charge in [0.05, 0.1) is 32.2 Å². The van der Waals surface area contributed by atoms with Gasteiger partial charge in [-0.3, -0.25) is 34.2 Å². The molecular formula is C25H43N5O10. The summed E-state index contributed by atoms with van der Waals surface area (Å²) < 4.78 is 0. The van der Waals surface area contributed by atoms with E-state index in [9.17, 15) is 29.1 Å². The summed E-state index contributed by atoms with van der Waals surface area (Å²) in [5, 5.41) is 51.3. The van der Waals surface area contributed by atoms with E-state index in [0.29, 0.717) is 39.1 Å². The minimum atomic E-state index is -0.994. The lowest BCUT2D eigenvalue weighted by atomic mass is 10.3. The Balaban J connectivity index is 4.43. The van der Waals surface area contributed by atoms with Crippen LogP contribution in [0, 0.1) is 12.3 Å². The predicted molar refractivity (Wildman–Crippen MR) is 143 cm³/mol. The number of aliphatic carboxylic acids is 4. The Morgan fingerprint density at radius 2 is 1.05 bits per heavy atom. The Kier molecular flexibility index (Phi) is 20.7. The number of carbonyl (C=O) groups is 5. The van der Waals surface area contributed by atoms with E-state index >= 15 is 0 Å². The van der Waals surface area contributed by atoms with Crippen molar-refractivity contribution in [2.24, 2.45) is 0 Å². The number of hydrogen-bond acceptors (Lipinski definition) is 10. The highest BCUT2D eigenvalue weighted by atomic mass is 16.4. The molecule has 0 aliphatic heterocycles. The van der Waals surface area contributed by atoms with Crippen LogP contribution in [0.4, 0.5) is 0 Å². The van der Waals surface area contributed by atoms with Gasteiger partial charge in [0.15, 0.2) is 0 Å². The standard InChI is InChI=1S/C25H43N5O10/c1-2-11-28(12-3-20(31)26-9-18-29(14-5-22(33)34)15-6-23(35)36)13-4-21(32)27-10-19-30(16-7-24(37)38)17-8-25(39)40/h1,20,26,31H,3-19H2,(H,27,32)(H,33,34)(H,35,36)(H,37,38)(H,39,40). The molecule has 0 radical (unpaired) electrons. The highest BCUT2D eigenvalue weighted by Gasteiger charge is 2.14. The number of nitrogens with zero attached hydrogens (tertiary/aromatic N) is 3. The van der Waals surface area contributed by atoms with Crippen molar-refractivity contribution in [1.29, 1.82) is 0 Å². The molecule has 7 N–H and O–H groups in total. The minimum Gasteiger partial charge on any atom is -0.481 e. The van der Waals surface area contributed by atoms with Gasteiger partial charge >= 0.3 is 23.9 Å². The summed E-state index contributed by atoms with van der Waals surface area (Å²) in [4.78, 5) is 60.7. The zero-order valence-corrected chi connectivity index (χ0v) is 22.8. The molecule has 0 aromatic rings. The Bertz CT molecular complexity index is 799. The van der Waals surface area contributed by atoms with Crippen molar-refractivity contribution in [3.05, 3.63) is 0 Å². The van der Waals surface area contributed by atoms with E-state index in [-0.39, 0.29) is 77.3 Å². The molecule has 0 bridgehead atoms. The summed E-state index contributed by atoms with van der Waals surface area (Å²) in [6.45, 7) is 2.94. The molecule has 0 saturated carbocycles. The first-order valence-electron chi connectivity index (χ1n) is 13.1. The van der Waals surface area contributed by atoms with Crippen LogP contribution in [0.3, 0.4) is 0 Å². The van der Waals surface area contributed by atoms with Crippen LogP contribution in [0.5, 0.6) is 0 Å². The molecule has 0 saturated heterocycles. The van der Waals surface area contributed by atoms with E-state index in [4.69, 9.17) is 26.8 Å². The highest BCUT2D eigenvalue weighted by molar-refractivity contribution is 5.76. The fourth-order valence-electron chi connectivity index (χ4n) is 3.58. The summed E-state index contributed by atoms with van der Waals surface area (Å²) in [7, 11) is 0. The number of terminal acetylenes is 1. The fourth-order valence-corrected chi connectivity index (χ4v) is 3.58. The van der Waals surface area contributed by atoms with Gasteiger partial charge in [0.25, 0.3) is 0 Å². The number of amides is 1. The maximum Gasteiger partial charge on any atom is 0.304 e. The van der Waals surface area contributed by atoms with Gasteiger partial charge < -0.3 is 40.6 Å². The topological polar surface area (TPSA) is 220 Å². The van der Waals surface area contributed by atoms with Gasteiger partial charge in [-0.2, -0.15) is 0 Å². The number of hydrogen-bond donors (Lipinski definition) is 7. The second-order valence-corrected chi connectivity index (χ2v) is 9.10. The van der Waals surface area contributed by atoms with Gasteiger partial charge in [-0.25, -0.2) is 0 Å². The molecule has 1 atom stereocenters. The number of carboxylic acids is 4. The van der Waals surface area contributed by atoms with Crippen molar-refractivity contribution in [2.45, 2.75) is 44.8 Å². The number of nitrogens with one attached hydrogen (secondary N) is 2. The molecule has 1 unspecified atom stereocenters. The van der Waals surface area contributed by atoms with Crippen LogP contribution < -0.4 is 10.6 Å². The highest BCUT2D eigenvalue weighted by Crippen LogP contribution is 1.99. The number of rotatable bonds is 26. The first kappa shape index (κ1) is 36.7. The van der Waals surface area contributed by atoms with E-state index < -0.39 is 30.1 Å². The SMILES string of the molecule is C#CCN(CCC(=O)NCCN(CCC(=O)O)CCC(=O)O)CCC(O)NCCN(CCC(=O)O)CCC(=O)O. The van der Waals surface area contributed by atoms with Crippen LogP contribution in [0.2, 0.25) is 0 Å². The quantitative estimate of drug-likeness (QED) is 0.0450. The van der Waals surface area contributed by atoms with E-state index in [1.54, 1.807) is 9.80 Å². The number of carbonyl (C=O) groups excluding carboxylic acids is 1. The van der Waals surface area contributed by atoms with Crippen molar-refractivity contribution >= 4 is 29.8 Å². The summed E-state index contributed by atoms with van der Waals surface area (Å²) in [6.07, 6.45) is 4.45. The van der Waals surface area contributed by atoms with Gasteiger partial charge in [0.1, 0.15) is 6.23 Å². The fraction of sp³-hybridized carbons (Fsp3) is 0.720. The van der Waals surface area contributed by atoms with Gasteiger partial charge in [-0.15, -0.1) is 6.42 Å². The van der Waals surface area contributed by atoms with Gasteiger partial charge in [0, 0.05) is 71.9 Å². The summed E-state index contributed by atoms with van der Waals surface area (Å²) in [5.41, 5.74) is 0. The van der Waals surface area contributed by atoms with Crippen molar-refractivity contribution < 1.29 is 49.5 Å². The molecule has 0 fully saturated rings. The van der Waals surface area contributed by atoms with E-state index in [2.05, 4.69) is 16.6 Å². The second kappa shape index (κ2) is 22.5. The van der Waals surface area contributed by atoms with Crippen LogP contribution in [-0.4, -0.2) is 148 Å². The lowest BCUT2D eigenvalue weighted by Gasteiger charge is -2.24. The molecule has 228 valence electrons. The summed E-state index contributed by atoms with van der Waals surface area (Å²) >= 11 is 0. The molecule has 15 heteroatoms. The van der Waals surface area contributed by atoms with Crippen LogP contribution in [0.1, 0.15) is 38.5 Å². The van der Waals surface area contributed by atoms with Crippen LogP contribution in [-0.2, 0) is 24.0 Å². The molecule has 0 rings (SSSR count). The second-order valence-electron chi connectivity index (χ2n) is 9.10. The molecule has 0 heterocycles. The Labute approximate surface area is 234 Å². The monoisotopic (exact) mass is 573 g/mol. The Morgan fingerprint density at radius 3 is 1.48 bits per heavy atom. The molecule has 0 spiro atoms. The third kappa shape index (κ3) is 22.7. The zero-order valence-electron chi connectivity index (χ0n) is 22.8. The van der Waals surface area contributed by atoms with Gasteiger partial charge in [0.2, 0.25) is 5.91 Å². The molecule has 15 nitrogen and oxygen atoms in total. The van der Waals surface area contributed by atoms with Gasteiger partial charge in [-0.1, -0.05) is 5.92 Å². The smallest absolute Gasteiger partial charge is 0.304 e. The number of aliphatic hydroxyl groups is 1. The first-order valence-corrected chi connectivity index (χ1v) is 13.1. The van der Waals surface area contributed by atoms with Crippen LogP contribution in [0.25, 0.3) is 0 Å². The number of aliphatic hydroxyl groups excluding tert-OH is 1. The normalized spacial score (nSPS) is 11.9. The lowest BCUT2D eigenvalue weighted by molar-refractivity contribution is -0.139. The first-order chi connectivity index (χ1) is 18.9. The zero-order chi connectivity index (χ0) is 30.3. The van der Waals surface area contributed by atoms with Crippen molar-refractivity contribution in [2.75, 3.05) is 72.0 Å². The molecule has 0 aliphatic carbocycles. The maximum absolute atomic E-state index is 12.3. The molecule has 0 aromatic heterocycles. The Morgan fingerprint density at radius 1 is 0.625 bits per heavy atom. The molecule has 0 aliphatic rings.